The fourth-order valence-corrected chi connectivity index (χ4v) is 3.16. The maximum absolute atomic E-state index is 5.81. The van der Waals surface area contributed by atoms with Gasteiger partial charge in [-0.1, -0.05) is 6.07 Å². The topological polar surface area (TPSA) is 55.8 Å². The van der Waals surface area contributed by atoms with Crippen molar-refractivity contribution in [2.24, 2.45) is 5.73 Å². The number of hydrogen-bond acceptors (Lipinski definition) is 4. The van der Waals surface area contributed by atoms with Crippen molar-refractivity contribution in [2.45, 2.75) is 32.3 Å². The van der Waals surface area contributed by atoms with E-state index in [0.717, 1.165) is 50.4 Å². The van der Waals surface area contributed by atoms with Gasteiger partial charge in [-0.2, -0.15) is 0 Å². The maximum atomic E-state index is 5.81. The lowest BCUT2D eigenvalue weighted by atomic mass is 10.1. The van der Waals surface area contributed by atoms with Crippen molar-refractivity contribution in [1.29, 1.82) is 0 Å². The molecule has 5 nitrogen and oxygen atoms in total. The van der Waals surface area contributed by atoms with Crippen LogP contribution in [0.3, 0.4) is 0 Å². The Morgan fingerprint density at radius 2 is 2.33 bits per heavy atom. The van der Waals surface area contributed by atoms with Crippen LogP contribution in [-0.2, 0) is 11.2 Å². The van der Waals surface area contributed by atoms with Crippen molar-refractivity contribution in [3.8, 4) is 0 Å². The Labute approximate surface area is 125 Å². The molecule has 0 spiro atoms. The van der Waals surface area contributed by atoms with Gasteiger partial charge in [-0.25, -0.2) is 4.98 Å². The Morgan fingerprint density at radius 1 is 1.43 bits per heavy atom. The molecule has 1 aliphatic rings. The summed E-state index contributed by atoms with van der Waals surface area (Å²) in [6.07, 6.45) is 5.53. The number of piperidine rings is 1. The van der Waals surface area contributed by atoms with Crippen LogP contribution in [0.4, 0.5) is 5.82 Å². The predicted octanol–water partition coefficient (Wildman–Crippen LogP) is 1.84. The fourth-order valence-electron chi connectivity index (χ4n) is 3.16. The van der Waals surface area contributed by atoms with Crippen molar-refractivity contribution in [1.82, 2.24) is 9.38 Å². The second kappa shape index (κ2) is 6.45. The minimum atomic E-state index is 0.319. The van der Waals surface area contributed by atoms with Gasteiger partial charge in [0.1, 0.15) is 5.65 Å². The summed E-state index contributed by atoms with van der Waals surface area (Å²) >= 11 is 0. The van der Waals surface area contributed by atoms with Crippen LogP contribution in [0.1, 0.15) is 25.5 Å². The number of pyridine rings is 1. The van der Waals surface area contributed by atoms with Crippen LogP contribution in [0.2, 0.25) is 0 Å². The first kappa shape index (κ1) is 14.4. The van der Waals surface area contributed by atoms with E-state index >= 15 is 0 Å². The van der Waals surface area contributed by atoms with E-state index in [1.165, 1.54) is 5.69 Å². The monoisotopic (exact) mass is 288 g/mol. The molecule has 1 fully saturated rings. The average Bonchev–Trinajstić information content (AvgIpc) is 2.88. The van der Waals surface area contributed by atoms with Gasteiger partial charge in [-0.05, 0) is 38.4 Å². The standard InChI is InChI=1S/C16H24N4O/c1-2-21-13-6-5-10-19(12-13)16-14(8-9-17)20-11-4-3-7-15(20)18-16/h3-4,7,11,13H,2,5-6,8-10,12,17H2,1H3. The molecule has 3 rings (SSSR count). The largest absolute Gasteiger partial charge is 0.377 e. The van der Waals surface area contributed by atoms with Gasteiger partial charge in [0.25, 0.3) is 0 Å². The van der Waals surface area contributed by atoms with Crippen LogP contribution < -0.4 is 10.6 Å². The molecule has 2 N–H and O–H groups in total. The Kier molecular flexibility index (Phi) is 4.41. The van der Waals surface area contributed by atoms with Crippen molar-refractivity contribution in [3.05, 3.63) is 30.1 Å². The molecule has 1 saturated heterocycles. The Hall–Kier alpha value is -1.59. The molecule has 114 valence electrons. The highest BCUT2D eigenvalue weighted by Gasteiger charge is 2.24. The summed E-state index contributed by atoms with van der Waals surface area (Å²) in [7, 11) is 0. The van der Waals surface area contributed by atoms with Crippen molar-refractivity contribution < 1.29 is 4.74 Å². The van der Waals surface area contributed by atoms with Crippen molar-refractivity contribution >= 4 is 11.5 Å². The summed E-state index contributed by atoms with van der Waals surface area (Å²) < 4.78 is 7.97. The van der Waals surface area contributed by atoms with E-state index in [-0.39, 0.29) is 0 Å². The number of hydrogen-bond donors (Lipinski definition) is 1. The van der Waals surface area contributed by atoms with Gasteiger partial charge in [-0.3, -0.25) is 0 Å². The zero-order valence-electron chi connectivity index (χ0n) is 12.7. The molecule has 1 aliphatic heterocycles. The number of anilines is 1. The van der Waals surface area contributed by atoms with Gasteiger partial charge in [0.15, 0.2) is 5.82 Å². The van der Waals surface area contributed by atoms with Gasteiger partial charge < -0.3 is 19.8 Å². The second-order valence-electron chi connectivity index (χ2n) is 5.52. The number of nitrogens with two attached hydrogens (primary N) is 1. The van der Waals surface area contributed by atoms with Crippen LogP contribution >= 0.6 is 0 Å². The Balaban J connectivity index is 1.93. The normalized spacial score (nSPS) is 19.3. The van der Waals surface area contributed by atoms with Crippen LogP contribution in [0, 0.1) is 0 Å². The van der Waals surface area contributed by atoms with Crippen molar-refractivity contribution in [3.63, 3.8) is 0 Å². The fraction of sp³-hybridized carbons (Fsp3) is 0.562. The maximum Gasteiger partial charge on any atom is 0.151 e. The Morgan fingerprint density at radius 3 is 3.14 bits per heavy atom. The quantitative estimate of drug-likeness (QED) is 0.912. The van der Waals surface area contributed by atoms with Gasteiger partial charge in [0.2, 0.25) is 0 Å². The molecule has 3 heterocycles. The molecule has 2 aromatic heterocycles. The highest BCUT2D eigenvalue weighted by molar-refractivity contribution is 5.56. The lowest BCUT2D eigenvalue weighted by Gasteiger charge is -2.33. The SMILES string of the molecule is CCOC1CCCN(c2nc3ccccn3c2CCN)C1. The lowest BCUT2D eigenvalue weighted by Crippen LogP contribution is -2.40. The zero-order chi connectivity index (χ0) is 14.7. The minimum Gasteiger partial charge on any atom is -0.377 e. The highest BCUT2D eigenvalue weighted by atomic mass is 16.5. The third kappa shape index (κ3) is 2.89. The summed E-state index contributed by atoms with van der Waals surface area (Å²) in [5.41, 5.74) is 8.01. The zero-order valence-corrected chi connectivity index (χ0v) is 12.7. The van der Waals surface area contributed by atoms with E-state index in [2.05, 4.69) is 22.4 Å². The molecule has 0 saturated carbocycles. The van der Waals surface area contributed by atoms with Crippen LogP contribution in [0.25, 0.3) is 5.65 Å². The van der Waals surface area contributed by atoms with Crippen LogP contribution in [-0.4, -0.2) is 41.7 Å². The van der Waals surface area contributed by atoms with E-state index < -0.39 is 0 Å². The molecule has 21 heavy (non-hydrogen) atoms. The van der Waals surface area contributed by atoms with E-state index in [4.69, 9.17) is 15.5 Å². The van der Waals surface area contributed by atoms with E-state index in [9.17, 15) is 0 Å². The molecule has 5 heteroatoms. The van der Waals surface area contributed by atoms with Gasteiger partial charge in [-0.15, -0.1) is 0 Å². The smallest absolute Gasteiger partial charge is 0.151 e. The summed E-state index contributed by atoms with van der Waals surface area (Å²) in [6.45, 7) is 5.45. The molecule has 0 radical (unpaired) electrons. The summed E-state index contributed by atoms with van der Waals surface area (Å²) in [5.74, 6) is 1.08. The molecule has 1 unspecified atom stereocenters. The molecular formula is C16H24N4O. The third-order valence-corrected chi connectivity index (χ3v) is 4.07. The molecule has 2 aromatic rings. The van der Waals surface area contributed by atoms with E-state index in [1.807, 2.05) is 18.2 Å². The first-order valence-corrected chi connectivity index (χ1v) is 7.86. The average molecular weight is 288 g/mol. The number of aromatic nitrogens is 2. The predicted molar refractivity (Wildman–Crippen MR) is 84.8 cm³/mol. The Bertz CT molecular complexity index is 593. The molecule has 0 aliphatic carbocycles. The third-order valence-electron chi connectivity index (χ3n) is 4.07. The number of rotatable bonds is 5. The van der Waals surface area contributed by atoms with E-state index in [1.54, 1.807) is 0 Å². The first-order valence-electron chi connectivity index (χ1n) is 7.86. The highest BCUT2D eigenvalue weighted by Crippen LogP contribution is 2.26. The van der Waals surface area contributed by atoms with Crippen molar-refractivity contribution in [2.75, 3.05) is 31.1 Å². The van der Waals surface area contributed by atoms with E-state index in [0.29, 0.717) is 12.6 Å². The van der Waals surface area contributed by atoms with Gasteiger partial charge in [0, 0.05) is 32.3 Å². The summed E-state index contributed by atoms with van der Waals surface area (Å²) in [6, 6.07) is 6.11. The van der Waals surface area contributed by atoms with Crippen LogP contribution in [0.15, 0.2) is 24.4 Å². The van der Waals surface area contributed by atoms with Gasteiger partial charge >= 0.3 is 0 Å². The molecule has 0 aromatic carbocycles. The lowest BCUT2D eigenvalue weighted by molar-refractivity contribution is 0.0525. The number of fused-ring (bicyclic) bond motifs is 1. The minimum absolute atomic E-state index is 0.319. The number of ether oxygens (including phenoxy) is 1. The number of nitrogens with zero attached hydrogens (tertiary/aromatic N) is 3. The first-order chi connectivity index (χ1) is 10.3. The summed E-state index contributed by atoms with van der Waals surface area (Å²) in [5, 5.41) is 0. The second-order valence-corrected chi connectivity index (χ2v) is 5.52. The molecular weight excluding hydrogens is 264 g/mol. The summed E-state index contributed by atoms with van der Waals surface area (Å²) in [4.78, 5) is 7.19. The van der Waals surface area contributed by atoms with Crippen LogP contribution in [0.5, 0.6) is 0 Å². The molecule has 0 amide bonds. The molecule has 1 atom stereocenters. The number of imidazole rings is 1. The van der Waals surface area contributed by atoms with Gasteiger partial charge in [0.05, 0.1) is 11.8 Å². The molecule has 0 bridgehead atoms.